The molecular weight excluding hydrogens is 1110 g/mol. The number of halogens is 2. The Balaban J connectivity index is 0.000000565. The van der Waals surface area contributed by atoms with Gasteiger partial charge in [0.25, 0.3) is 0 Å². The fourth-order valence-electron chi connectivity index (χ4n) is 10.1. The summed E-state index contributed by atoms with van der Waals surface area (Å²) in [7, 11) is 0. The number of ether oxygens (including phenoxy) is 3. The van der Waals surface area contributed by atoms with Crippen LogP contribution in [0.2, 0.25) is 0 Å². The molecule has 0 aromatic heterocycles. The highest BCUT2D eigenvalue weighted by Gasteiger charge is 2.53. The third-order valence-electron chi connectivity index (χ3n) is 16.2. The number of hydrogen-bond acceptors (Lipinski definition) is 8. The molecule has 0 radical (unpaired) electrons. The zero-order chi connectivity index (χ0) is 57.5. The number of hydrogen-bond donors (Lipinski definition) is 2. The Morgan fingerprint density at radius 1 is 0.359 bits per heavy atom. The summed E-state index contributed by atoms with van der Waals surface area (Å²) in [6.07, 6.45) is 47.9. The average molecular weight is 1230 g/mol. The number of carbonyl (C=O) groups is 5. The lowest BCUT2D eigenvalue weighted by Crippen LogP contribution is -2.29. The van der Waals surface area contributed by atoms with Crippen LogP contribution in [0.4, 0.5) is 0 Å². The minimum Gasteiger partial charge on any atom is -0.481 e. The minimum atomic E-state index is -0.589. The zero-order valence-electron chi connectivity index (χ0n) is 50.9. The van der Waals surface area contributed by atoms with Crippen molar-refractivity contribution >= 4 is 61.7 Å². The molecule has 5 aliphatic rings. The highest BCUT2D eigenvalue weighted by molar-refractivity contribution is 9.09. The summed E-state index contributed by atoms with van der Waals surface area (Å²) in [5.74, 6) is -0.923. The van der Waals surface area contributed by atoms with Gasteiger partial charge in [-0.3, -0.25) is 24.0 Å². The Morgan fingerprint density at radius 3 is 0.744 bits per heavy atom. The molecule has 0 aromatic rings. The number of alkyl halides is 2. The summed E-state index contributed by atoms with van der Waals surface area (Å²) in [6.45, 7) is 17.4. The fourth-order valence-corrected chi connectivity index (χ4v) is 10.9. The first-order chi connectivity index (χ1) is 36.3. The van der Waals surface area contributed by atoms with E-state index in [1.54, 1.807) is 0 Å². The number of carboxylic acids is 2. The molecule has 0 spiro atoms. The second-order valence-corrected chi connectivity index (χ2v) is 29.1. The van der Waals surface area contributed by atoms with Crippen LogP contribution in [0.3, 0.4) is 0 Å². The maximum Gasteiger partial charge on any atom is 0.312 e. The van der Waals surface area contributed by atoms with Crippen LogP contribution in [0.5, 0.6) is 0 Å². The first-order valence-corrected chi connectivity index (χ1v) is 33.8. The van der Waals surface area contributed by atoms with Crippen molar-refractivity contribution in [3.05, 3.63) is 0 Å². The van der Waals surface area contributed by atoms with Crippen molar-refractivity contribution < 1.29 is 48.4 Å². The van der Waals surface area contributed by atoms with E-state index in [1.807, 2.05) is 62.3 Å². The molecule has 0 saturated heterocycles. The van der Waals surface area contributed by atoms with E-state index in [-0.39, 0.29) is 69.7 Å². The number of carboxylic acid groups (broad SMARTS) is 2. The first-order valence-electron chi connectivity index (χ1n) is 31.6. The quantitative estimate of drug-likeness (QED) is 0.0263. The molecule has 0 unspecified atom stereocenters. The van der Waals surface area contributed by atoms with Crippen molar-refractivity contribution in [1.82, 2.24) is 0 Å². The predicted octanol–water partition coefficient (Wildman–Crippen LogP) is 20.2. The number of esters is 3. The second-order valence-electron chi connectivity index (χ2n) is 27.5. The molecule has 2 N–H and O–H groups in total. The second kappa shape index (κ2) is 38.2. The van der Waals surface area contributed by atoms with Crippen LogP contribution in [-0.2, 0) is 38.2 Å². The summed E-state index contributed by atoms with van der Waals surface area (Å²) in [4.78, 5) is 57.8. The molecule has 5 saturated carbocycles. The molecule has 12 heteroatoms. The monoisotopic (exact) mass is 1230 g/mol. The Bertz CT molecular complexity index is 1550. The number of carbonyl (C=O) groups excluding carboxylic acids is 3. The van der Waals surface area contributed by atoms with Gasteiger partial charge in [0.2, 0.25) is 0 Å². The van der Waals surface area contributed by atoms with Crippen LogP contribution in [0, 0.1) is 27.6 Å². The maximum atomic E-state index is 12.4. The Kier molecular flexibility index (Phi) is 36.4. The van der Waals surface area contributed by atoms with E-state index < -0.39 is 11.9 Å². The van der Waals surface area contributed by atoms with Gasteiger partial charge in [0.15, 0.2) is 0 Å². The van der Waals surface area contributed by atoms with Crippen LogP contribution in [0.25, 0.3) is 0 Å². The normalized spacial score (nSPS) is 17.7. The van der Waals surface area contributed by atoms with E-state index in [4.69, 9.17) is 24.4 Å². The van der Waals surface area contributed by atoms with Gasteiger partial charge >= 0.3 is 29.8 Å². The lowest BCUT2D eigenvalue weighted by atomic mass is 9.96. The van der Waals surface area contributed by atoms with Gasteiger partial charge in [0.05, 0.1) is 27.6 Å². The minimum absolute atomic E-state index is 0. The van der Waals surface area contributed by atoms with Gasteiger partial charge in [-0.1, -0.05) is 200 Å². The van der Waals surface area contributed by atoms with Crippen LogP contribution in [0.15, 0.2) is 0 Å². The average Bonchev–Trinajstić information content (AvgIpc) is 4.10. The van der Waals surface area contributed by atoms with Crippen LogP contribution in [-0.4, -0.2) is 67.5 Å². The van der Waals surface area contributed by atoms with Gasteiger partial charge in [-0.05, 0) is 165 Å². The van der Waals surface area contributed by atoms with E-state index in [0.29, 0.717) is 0 Å². The molecule has 0 amide bonds. The molecule has 5 fully saturated rings. The Hall–Kier alpha value is -1.69. The van der Waals surface area contributed by atoms with Crippen LogP contribution < -0.4 is 0 Å². The highest BCUT2D eigenvalue weighted by Crippen LogP contribution is 2.53. The van der Waals surface area contributed by atoms with E-state index in [1.165, 1.54) is 145 Å². The van der Waals surface area contributed by atoms with Crippen LogP contribution in [0.1, 0.15) is 333 Å². The molecule has 0 bridgehead atoms. The largest absolute Gasteiger partial charge is 0.481 e. The third kappa shape index (κ3) is 35.3. The fraction of sp³-hybridized carbons (Fsp3) is 0.924. The number of rotatable bonds is 39. The summed E-state index contributed by atoms with van der Waals surface area (Å²) in [5.41, 5.74) is -2.02. The number of aliphatic carboxylic acids is 2. The summed E-state index contributed by atoms with van der Waals surface area (Å²) in [5, 5.41) is 20.6. The maximum absolute atomic E-state index is 12.4. The molecule has 0 atom stereocenters. The molecule has 5 aliphatic carbocycles. The Labute approximate surface area is 495 Å². The summed E-state index contributed by atoms with van der Waals surface area (Å²) >= 11 is 6.91. The van der Waals surface area contributed by atoms with E-state index in [2.05, 4.69) is 31.9 Å². The van der Waals surface area contributed by atoms with Gasteiger partial charge in [0.1, 0.15) is 16.8 Å². The molecule has 10 nitrogen and oxygen atoms in total. The van der Waals surface area contributed by atoms with Crippen molar-refractivity contribution in [3.8, 4) is 0 Å². The third-order valence-corrected chi connectivity index (χ3v) is 17.3. The lowest BCUT2D eigenvalue weighted by molar-refractivity contribution is -0.163. The smallest absolute Gasteiger partial charge is 0.312 e. The summed E-state index contributed by atoms with van der Waals surface area (Å²) in [6, 6.07) is 0. The molecule has 0 aliphatic heterocycles. The van der Waals surface area contributed by atoms with E-state index in [9.17, 15) is 24.0 Å². The topological polar surface area (TPSA) is 154 Å². The van der Waals surface area contributed by atoms with E-state index >= 15 is 0 Å². The lowest BCUT2D eigenvalue weighted by Gasteiger charge is -2.23. The molecule has 0 aromatic carbocycles. The van der Waals surface area contributed by atoms with Crippen molar-refractivity contribution in [1.29, 1.82) is 0 Å². The SMILES string of the molecule is BrCCCCCCCCCCCBr.C.CC(C)(C)OC(=O)C1(CCCCCCCCCCCC2(C(=O)OC(C)(C)C)CC2)CC1.CC(C)(C)OC(=O)C1CC1.O=C(O)C1(CCCCCCCCCCCC2(C(=O)O)CC2)CC1. The first kappa shape index (κ1) is 74.3. The van der Waals surface area contributed by atoms with Crippen LogP contribution >= 0.6 is 31.9 Å². The molecule has 458 valence electrons. The Morgan fingerprint density at radius 2 is 0.564 bits per heavy atom. The van der Waals surface area contributed by atoms with Gasteiger partial charge in [-0.15, -0.1) is 0 Å². The van der Waals surface area contributed by atoms with Gasteiger partial charge in [-0.25, -0.2) is 0 Å². The number of unbranched alkanes of at least 4 members (excludes halogenated alkanes) is 24. The summed E-state index contributed by atoms with van der Waals surface area (Å²) < 4.78 is 16.3. The van der Waals surface area contributed by atoms with Crippen molar-refractivity contribution in [2.75, 3.05) is 10.7 Å². The molecule has 78 heavy (non-hydrogen) atoms. The van der Waals surface area contributed by atoms with E-state index in [0.717, 1.165) is 128 Å². The van der Waals surface area contributed by atoms with Crippen molar-refractivity contribution in [2.45, 2.75) is 350 Å². The van der Waals surface area contributed by atoms with Gasteiger partial charge in [0, 0.05) is 10.7 Å². The van der Waals surface area contributed by atoms with Crippen molar-refractivity contribution in [2.24, 2.45) is 27.6 Å². The van der Waals surface area contributed by atoms with Gasteiger partial charge in [-0.2, -0.15) is 0 Å². The zero-order valence-corrected chi connectivity index (χ0v) is 54.1. The van der Waals surface area contributed by atoms with Crippen molar-refractivity contribution in [3.63, 3.8) is 0 Å². The molecule has 0 heterocycles. The van der Waals surface area contributed by atoms with Gasteiger partial charge < -0.3 is 24.4 Å². The molecule has 5 rings (SSSR count). The predicted molar refractivity (Wildman–Crippen MR) is 330 cm³/mol. The highest BCUT2D eigenvalue weighted by atomic mass is 79.9. The standard InChI is InChI=1S/C27H48O4.C19H32O4.C11H22Br2.C8H14O2.CH4/c1-24(2,3)30-22(28)26(18-19-26)16-14-12-10-8-7-9-11-13-15-17-27(20-21-27)23(29)31-25(4,5)6;20-16(21)18(12-13-18)10-8-6-4-2-1-3-5-7-9-11-19(14-15-19)17(22)23;12-10-8-6-4-2-1-3-5-7-9-11-13;1-8(2,3)10-7(9)6-4-5-6;/h7-21H2,1-6H3;1-15H2,(H,20,21)(H,22,23);1-11H2;6H,4-5H2,1-3H3;1H4. The molecular formula is C66H120Br2O10.